The highest BCUT2D eigenvalue weighted by Crippen LogP contribution is 2.48. The van der Waals surface area contributed by atoms with E-state index in [9.17, 15) is 0 Å². The zero-order valence-corrected chi connectivity index (χ0v) is 12.2. The van der Waals surface area contributed by atoms with E-state index in [-0.39, 0.29) is 0 Å². The average Bonchev–Trinajstić information content (AvgIpc) is 3.14. The minimum absolute atomic E-state index is 0.416. The van der Waals surface area contributed by atoms with Gasteiger partial charge in [0.25, 0.3) is 0 Å². The SMILES string of the molecule is CCNC(c1ccccc1OCCOC)C1CC1C. The molecule has 0 bridgehead atoms. The van der Waals surface area contributed by atoms with Crippen molar-refractivity contribution in [3.63, 3.8) is 0 Å². The third-order valence-electron chi connectivity index (χ3n) is 3.82. The Morgan fingerprint density at radius 2 is 2.05 bits per heavy atom. The lowest BCUT2D eigenvalue weighted by atomic mass is 10.00. The zero-order valence-electron chi connectivity index (χ0n) is 12.2. The van der Waals surface area contributed by atoms with E-state index in [1.54, 1.807) is 7.11 Å². The summed E-state index contributed by atoms with van der Waals surface area (Å²) in [6.07, 6.45) is 1.31. The molecule has 19 heavy (non-hydrogen) atoms. The van der Waals surface area contributed by atoms with Crippen LogP contribution in [0.2, 0.25) is 0 Å². The van der Waals surface area contributed by atoms with Gasteiger partial charge in [-0.05, 0) is 30.9 Å². The quantitative estimate of drug-likeness (QED) is 0.731. The Kier molecular flexibility index (Phi) is 5.23. The number of benzene rings is 1. The van der Waals surface area contributed by atoms with Gasteiger partial charge in [0.15, 0.2) is 0 Å². The van der Waals surface area contributed by atoms with E-state index in [4.69, 9.17) is 9.47 Å². The molecule has 0 spiro atoms. The highest BCUT2D eigenvalue weighted by atomic mass is 16.5. The van der Waals surface area contributed by atoms with Crippen molar-refractivity contribution in [2.45, 2.75) is 26.3 Å². The molecule has 0 radical (unpaired) electrons. The molecule has 3 unspecified atom stereocenters. The Balaban J connectivity index is 2.11. The fourth-order valence-corrected chi connectivity index (χ4v) is 2.63. The molecule has 3 atom stereocenters. The predicted octanol–water partition coefficient (Wildman–Crippen LogP) is 3.02. The Morgan fingerprint density at radius 1 is 1.32 bits per heavy atom. The zero-order chi connectivity index (χ0) is 13.7. The van der Waals surface area contributed by atoms with Crippen LogP contribution in [-0.2, 0) is 4.74 Å². The molecule has 1 aromatic rings. The van der Waals surface area contributed by atoms with Crippen molar-refractivity contribution in [3.8, 4) is 5.75 Å². The van der Waals surface area contributed by atoms with E-state index in [0.29, 0.717) is 19.3 Å². The summed E-state index contributed by atoms with van der Waals surface area (Å²) in [5.74, 6) is 2.55. The molecule has 3 nitrogen and oxygen atoms in total. The Hall–Kier alpha value is -1.06. The maximum Gasteiger partial charge on any atom is 0.124 e. The van der Waals surface area contributed by atoms with Crippen molar-refractivity contribution in [3.05, 3.63) is 29.8 Å². The van der Waals surface area contributed by atoms with Crippen LogP contribution in [0.3, 0.4) is 0 Å². The lowest BCUT2D eigenvalue weighted by Crippen LogP contribution is -2.24. The molecule has 0 saturated heterocycles. The summed E-state index contributed by atoms with van der Waals surface area (Å²) in [7, 11) is 1.70. The van der Waals surface area contributed by atoms with Crippen LogP contribution in [0.15, 0.2) is 24.3 Å². The molecule has 1 fully saturated rings. The fourth-order valence-electron chi connectivity index (χ4n) is 2.63. The van der Waals surface area contributed by atoms with Gasteiger partial charge in [0.2, 0.25) is 0 Å². The molecule has 0 heterocycles. The molecular weight excluding hydrogens is 238 g/mol. The second-order valence-electron chi connectivity index (χ2n) is 5.29. The number of methoxy groups -OCH3 is 1. The maximum absolute atomic E-state index is 5.85. The Morgan fingerprint density at radius 3 is 2.68 bits per heavy atom. The van der Waals surface area contributed by atoms with Gasteiger partial charge in [0.1, 0.15) is 12.4 Å². The third-order valence-corrected chi connectivity index (χ3v) is 3.82. The first-order valence-electron chi connectivity index (χ1n) is 7.22. The van der Waals surface area contributed by atoms with Crippen LogP contribution in [-0.4, -0.2) is 26.9 Å². The number of hydrogen-bond acceptors (Lipinski definition) is 3. The van der Waals surface area contributed by atoms with Gasteiger partial charge in [-0.15, -0.1) is 0 Å². The third kappa shape index (κ3) is 3.71. The molecule has 0 aromatic heterocycles. The van der Waals surface area contributed by atoms with Crippen LogP contribution < -0.4 is 10.1 Å². The van der Waals surface area contributed by atoms with E-state index >= 15 is 0 Å². The Bertz CT molecular complexity index is 394. The summed E-state index contributed by atoms with van der Waals surface area (Å²) < 4.78 is 10.9. The highest BCUT2D eigenvalue weighted by Gasteiger charge is 2.40. The summed E-state index contributed by atoms with van der Waals surface area (Å²) in [5.41, 5.74) is 1.29. The summed E-state index contributed by atoms with van der Waals surface area (Å²) >= 11 is 0. The van der Waals surface area contributed by atoms with Gasteiger partial charge in [0.05, 0.1) is 6.61 Å². The first-order chi connectivity index (χ1) is 9.27. The minimum atomic E-state index is 0.416. The first kappa shape index (κ1) is 14.4. The normalized spacial score (nSPS) is 23.1. The molecule has 106 valence electrons. The summed E-state index contributed by atoms with van der Waals surface area (Å²) in [6, 6.07) is 8.78. The van der Waals surface area contributed by atoms with Gasteiger partial charge >= 0.3 is 0 Å². The molecule has 1 aliphatic rings. The van der Waals surface area contributed by atoms with Gasteiger partial charge < -0.3 is 14.8 Å². The van der Waals surface area contributed by atoms with Gasteiger partial charge in [-0.2, -0.15) is 0 Å². The number of nitrogens with one attached hydrogen (secondary N) is 1. The molecule has 0 amide bonds. The first-order valence-corrected chi connectivity index (χ1v) is 7.22. The summed E-state index contributed by atoms with van der Waals surface area (Å²) in [6.45, 7) is 6.70. The standard InChI is InChI=1S/C16H25NO2/c1-4-17-16(14-11-12(14)2)13-7-5-6-8-15(13)19-10-9-18-3/h5-8,12,14,16-17H,4,9-11H2,1-3H3. The lowest BCUT2D eigenvalue weighted by Gasteiger charge is -2.21. The monoisotopic (exact) mass is 263 g/mol. The van der Waals surface area contributed by atoms with Crippen LogP contribution in [0, 0.1) is 11.8 Å². The van der Waals surface area contributed by atoms with E-state index in [0.717, 1.165) is 24.1 Å². The molecule has 1 aliphatic carbocycles. The summed E-state index contributed by atoms with van der Waals surface area (Å²) in [4.78, 5) is 0. The van der Waals surface area contributed by atoms with Crippen molar-refractivity contribution in [1.29, 1.82) is 0 Å². The smallest absolute Gasteiger partial charge is 0.124 e. The molecule has 1 N–H and O–H groups in total. The Labute approximate surface area is 116 Å². The fraction of sp³-hybridized carbons (Fsp3) is 0.625. The van der Waals surface area contributed by atoms with Gasteiger partial charge in [0, 0.05) is 18.7 Å². The summed E-state index contributed by atoms with van der Waals surface area (Å²) in [5, 5.41) is 3.61. The topological polar surface area (TPSA) is 30.5 Å². The van der Waals surface area contributed by atoms with Crippen molar-refractivity contribution in [1.82, 2.24) is 5.32 Å². The number of para-hydroxylation sites is 1. The molecule has 2 rings (SSSR count). The second kappa shape index (κ2) is 6.92. The highest BCUT2D eigenvalue weighted by molar-refractivity contribution is 5.37. The van der Waals surface area contributed by atoms with E-state index < -0.39 is 0 Å². The lowest BCUT2D eigenvalue weighted by molar-refractivity contribution is 0.145. The van der Waals surface area contributed by atoms with Crippen molar-refractivity contribution in [2.24, 2.45) is 11.8 Å². The molecule has 3 heteroatoms. The molecule has 1 aromatic carbocycles. The number of hydrogen-bond donors (Lipinski definition) is 1. The average molecular weight is 263 g/mol. The van der Waals surface area contributed by atoms with E-state index in [1.807, 2.05) is 6.07 Å². The van der Waals surface area contributed by atoms with Gasteiger partial charge in [-0.1, -0.05) is 32.0 Å². The van der Waals surface area contributed by atoms with Gasteiger partial charge in [-0.25, -0.2) is 0 Å². The van der Waals surface area contributed by atoms with Gasteiger partial charge in [-0.3, -0.25) is 0 Å². The van der Waals surface area contributed by atoms with E-state index in [1.165, 1.54) is 12.0 Å². The number of rotatable bonds is 8. The van der Waals surface area contributed by atoms with Crippen molar-refractivity contribution >= 4 is 0 Å². The van der Waals surface area contributed by atoms with Crippen LogP contribution >= 0.6 is 0 Å². The van der Waals surface area contributed by atoms with Crippen LogP contribution in [0.5, 0.6) is 5.75 Å². The van der Waals surface area contributed by atoms with Crippen molar-refractivity contribution < 1.29 is 9.47 Å². The molecule has 1 saturated carbocycles. The second-order valence-corrected chi connectivity index (χ2v) is 5.29. The number of ether oxygens (including phenoxy) is 2. The minimum Gasteiger partial charge on any atom is -0.491 e. The molecular formula is C16H25NO2. The van der Waals surface area contributed by atoms with E-state index in [2.05, 4.69) is 37.4 Å². The van der Waals surface area contributed by atoms with Crippen LogP contribution in [0.1, 0.15) is 31.9 Å². The maximum atomic E-state index is 5.85. The van der Waals surface area contributed by atoms with Crippen LogP contribution in [0.25, 0.3) is 0 Å². The van der Waals surface area contributed by atoms with Crippen LogP contribution in [0.4, 0.5) is 0 Å². The van der Waals surface area contributed by atoms with Crippen molar-refractivity contribution in [2.75, 3.05) is 26.9 Å². The predicted molar refractivity (Wildman–Crippen MR) is 77.5 cm³/mol. The molecule has 0 aliphatic heterocycles. The largest absolute Gasteiger partial charge is 0.491 e.